The molecule has 0 heterocycles. The predicted molar refractivity (Wildman–Crippen MR) is 83.5 cm³/mol. The van der Waals surface area contributed by atoms with E-state index in [9.17, 15) is 9.59 Å². The first-order valence-electron chi connectivity index (χ1n) is 7.18. The average Bonchev–Trinajstić information content (AvgIpc) is 2.43. The van der Waals surface area contributed by atoms with Crippen LogP contribution in [0.15, 0.2) is 18.2 Å². The molecule has 0 spiro atoms. The lowest BCUT2D eigenvalue weighted by Crippen LogP contribution is -2.37. The molecule has 1 rings (SSSR count). The van der Waals surface area contributed by atoms with Crippen molar-refractivity contribution >= 4 is 17.5 Å². The van der Waals surface area contributed by atoms with E-state index >= 15 is 0 Å². The third kappa shape index (κ3) is 5.45. The number of methoxy groups -OCH3 is 1. The summed E-state index contributed by atoms with van der Waals surface area (Å²) in [5.41, 5.74) is 1.65. The van der Waals surface area contributed by atoms with Gasteiger partial charge in [0.1, 0.15) is 5.75 Å². The summed E-state index contributed by atoms with van der Waals surface area (Å²) in [6.45, 7) is 6.14. The van der Waals surface area contributed by atoms with Gasteiger partial charge in [-0.25, -0.2) is 0 Å². The van der Waals surface area contributed by atoms with E-state index in [-0.39, 0.29) is 18.4 Å². The summed E-state index contributed by atoms with van der Waals surface area (Å²) in [7, 11) is 1.56. The number of aryl methyl sites for hydroxylation is 1. The standard InChI is InChI=1S/C16H24N2O3/c1-5-6-9-18(13(3)19)11-16(20)17-14-10-12(2)7-8-15(14)21-4/h7-8,10H,5-6,9,11H2,1-4H3,(H,17,20). The zero-order valence-corrected chi connectivity index (χ0v) is 13.2. The molecule has 0 saturated carbocycles. The van der Waals surface area contributed by atoms with E-state index in [4.69, 9.17) is 4.74 Å². The minimum atomic E-state index is -0.217. The van der Waals surface area contributed by atoms with Crippen LogP contribution in [0.1, 0.15) is 32.3 Å². The highest BCUT2D eigenvalue weighted by Crippen LogP contribution is 2.25. The minimum Gasteiger partial charge on any atom is -0.495 e. The summed E-state index contributed by atoms with van der Waals surface area (Å²) in [6, 6.07) is 5.57. The molecular weight excluding hydrogens is 268 g/mol. The van der Waals surface area contributed by atoms with Gasteiger partial charge in [0.15, 0.2) is 0 Å². The number of ether oxygens (including phenoxy) is 1. The molecule has 5 heteroatoms. The molecule has 5 nitrogen and oxygen atoms in total. The van der Waals surface area contributed by atoms with Gasteiger partial charge in [0.05, 0.1) is 19.3 Å². The fraction of sp³-hybridized carbons (Fsp3) is 0.500. The number of rotatable bonds is 7. The van der Waals surface area contributed by atoms with Crippen molar-refractivity contribution in [1.29, 1.82) is 0 Å². The SMILES string of the molecule is CCCCN(CC(=O)Nc1cc(C)ccc1OC)C(C)=O. The first-order chi connectivity index (χ1) is 9.97. The molecule has 0 aliphatic carbocycles. The third-order valence-electron chi connectivity index (χ3n) is 3.19. The van der Waals surface area contributed by atoms with E-state index < -0.39 is 0 Å². The fourth-order valence-electron chi connectivity index (χ4n) is 1.98. The molecule has 2 amide bonds. The van der Waals surface area contributed by atoms with Crippen LogP contribution >= 0.6 is 0 Å². The number of hydrogen-bond acceptors (Lipinski definition) is 3. The third-order valence-corrected chi connectivity index (χ3v) is 3.19. The minimum absolute atomic E-state index is 0.0619. The highest BCUT2D eigenvalue weighted by Gasteiger charge is 2.14. The monoisotopic (exact) mass is 292 g/mol. The number of benzene rings is 1. The Labute approximate surface area is 126 Å². The Hall–Kier alpha value is -2.04. The maximum Gasteiger partial charge on any atom is 0.244 e. The van der Waals surface area contributed by atoms with Crippen LogP contribution in [0, 0.1) is 6.92 Å². The second-order valence-electron chi connectivity index (χ2n) is 5.05. The van der Waals surface area contributed by atoms with E-state index in [0.29, 0.717) is 18.0 Å². The summed E-state index contributed by atoms with van der Waals surface area (Å²) in [6.07, 6.45) is 1.87. The smallest absolute Gasteiger partial charge is 0.244 e. The molecule has 116 valence electrons. The van der Waals surface area contributed by atoms with Crippen molar-refractivity contribution in [2.24, 2.45) is 0 Å². The molecule has 1 aromatic rings. The summed E-state index contributed by atoms with van der Waals surface area (Å²) in [4.78, 5) is 25.2. The largest absolute Gasteiger partial charge is 0.495 e. The molecule has 0 bridgehead atoms. The van der Waals surface area contributed by atoms with Crippen LogP contribution in [-0.2, 0) is 9.59 Å². The van der Waals surface area contributed by atoms with Gasteiger partial charge in [-0.1, -0.05) is 19.4 Å². The fourth-order valence-corrected chi connectivity index (χ4v) is 1.98. The van der Waals surface area contributed by atoms with Crippen LogP contribution in [0.4, 0.5) is 5.69 Å². The van der Waals surface area contributed by atoms with Gasteiger partial charge in [0.25, 0.3) is 0 Å². The lowest BCUT2D eigenvalue weighted by atomic mass is 10.2. The van der Waals surface area contributed by atoms with Crippen molar-refractivity contribution in [2.45, 2.75) is 33.6 Å². The van der Waals surface area contributed by atoms with Crippen molar-refractivity contribution in [3.05, 3.63) is 23.8 Å². The van der Waals surface area contributed by atoms with Crippen molar-refractivity contribution in [3.8, 4) is 5.75 Å². The van der Waals surface area contributed by atoms with E-state index in [1.807, 2.05) is 25.1 Å². The van der Waals surface area contributed by atoms with E-state index in [0.717, 1.165) is 18.4 Å². The summed E-state index contributed by atoms with van der Waals surface area (Å²) < 4.78 is 5.22. The van der Waals surface area contributed by atoms with Crippen molar-refractivity contribution in [3.63, 3.8) is 0 Å². The van der Waals surface area contributed by atoms with Gasteiger partial charge in [0, 0.05) is 13.5 Å². The lowest BCUT2D eigenvalue weighted by Gasteiger charge is -2.20. The van der Waals surface area contributed by atoms with Crippen molar-refractivity contribution in [1.82, 2.24) is 4.90 Å². The van der Waals surface area contributed by atoms with Gasteiger partial charge in [-0.3, -0.25) is 9.59 Å². The number of carbonyl (C=O) groups is 2. The summed E-state index contributed by atoms with van der Waals surface area (Å²) >= 11 is 0. The first kappa shape index (κ1) is 17.0. The highest BCUT2D eigenvalue weighted by atomic mass is 16.5. The number of nitrogens with zero attached hydrogens (tertiary/aromatic N) is 1. The number of anilines is 1. The summed E-state index contributed by atoms with van der Waals surface area (Å²) in [5, 5.41) is 2.81. The second kappa shape index (κ2) is 8.29. The van der Waals surface area contributed by atoms with Gasteiger partial charge >= 0.3 is 0 Å². The van der Waals surface area contributed by atoms with Crippen LogP contribution < -0.4 is 10.1 Å². The number of amides is 2. The number of hydrogen-bond donors (Lipinski definition) is 1. The molecule has 0 atom stereocenters. The molecule has 0 aliphatic heterocycles. The van der Waals surface area contributed by atoms with Gasteiger partial charge in [-0.15, -0.1) is 0 Å². The molecule has 0 fully saturated rings. The van der Waals surface area contributed by atoms with Gasteiger partial charge in [0.2, 0.25) is 11.8 Å². The first-order valence-corrected chi connectivity index (χ1v) is 7.18. The van der Waals surface area contributed by atoms with Crippen LogP contribution in [0.3, 0.4) is 0 Å². The maximum absolute atomic E-state index is 12.1. The maximum atomic E-state index is 12.1. The predicted octanol–water partition coefficient (Wildman–Crippen LogP) is 2.59. The zero-order chi connectivity index (χ0) is 15.8. The Balaban J connectivity index is 2.71. The van der Waals surface area contributed by atoms with E-state index in [2.05, 4.69) is 12.2 Å². The Morgan fingerprint density at radius 1 is 1.33 bits per heavy atom. The molecule has 21 heavy (non-hydrogen) atoms. The normalized spacial score (nSPS) is 10.1. The van der Waals surface area contributed by atoms with Crippen molar-refractivity contribution < 1.29 is 14.3 Å². The van der Waals surface area contributed by atoms with Crippen LogP contribution in [0.2, 0.25) is 0 Å². The molecule has 0 saturated heterocycles. The van der Waals surface area contributed by atoms with Crippen LogP contribution in [-0.4, -0.2) is 36.9 Å². The topological polar surface area (TPSA) is 58.6 Å². The van der Waals surface area contributed by atoms with Gasteiger partial charge in [-0.05, 0) is 31.0 Å². The van der Waals surface area contributed by atoms with Crippen molar-refractivity contribution in [2.75, 3.05) is 25.5 Å². The zero-order valence-electron chi connectivity index (χ0n) is 13.2. The highest BCUT2D eigenvalue weighted by molar-refractivity contribution is 5.95. The van der Waals surface area contributed by atoms with Crippen LogP contribution in [0.5, 0.6) is 5.75 Å². The second-order valence-corrected chi connectivity index (χ2v) is 5.05. The molecule has 1 aromatic carbocycles. The molecule has 0 unspecified atom stereocenters. The summed E-state index contributed by atoms with van der Waals surface area (Å²) in [5.74, 6) is 0.303. The quantitative estimate of drug-likeness (QED) is 0.840. The Bertz CT molecular complexity index is 500. The van der Waals surface area contributed by atoms with E-state index in [1.54, 1.807) is 12.0 Å². The van der Waals surface area contributed by atoms with Crippen LogP contribution in [0.25, 0.3) is 0 Å². The van der Waals surface area contributed by atoms with Gasteiger partial charge < -0.3 is 15.0 Å². The molecular formula is C16H24N2O3. The number of nitrogens with one attached hydrogen (secondary N) is 1. The number of carbonyl (C=O) groups excluding carboxylic acids is 2. The van der Waals surface area contributed by atoms with Gasteiger partial charge in [-0.2, -0.15) is 0 Å². The van der Waals surface area contributed by atoms with E-state index in [1.165, 1.54) is 6.92 Å². The Kier molecular flexibility index (Phi) is 6.72. The Morgan fingerprint density at radius 2 is 2.05 bits per heavy atom. The Morgan fingerprint density at radius 3 is 2.62 bits per heavy atom. The number of unbranched alkanes of at least 4 members (excludes halogenated alkanes) is 1. The molecule has 0 aromatic heterocycles. The average molecular weight is 292 g/mol. The molecule has 0 radical (unpaired) electrons. The molecule has 0 aliphatic rings. The molecule has 1 N–H and O–H groups in total. The lowest BCUT2D eigenvalue weighted by molar-refractivity contribution is -0.132.